The Labute approximate surface area is 142 Å². The molecule has 126 valence electrons. The smallest absolute Gasteiger partial charge is 0.269 e. The molecule has 25 heavy (non-hydrogen) atoms. The van der Waals surface area contributed by atoms with E-state index in [4.69, 9.17) is 5.73 Å². The van der Waals surface area contributed by atoms with Gasteiger partial charge in [-0.2, -0.15) is 5.10 Å². The van der Waals surface area contributed by atoms with Crippen molar-refractivity contribution in [1.82, 2.24) is 14.8 Å². The lowest BCUT2D eigenvalue weighted by atomic mass is 10.0. The second-order valence-corrected chi connectivity index (χ2v) is 5.59. The van der Waals surface area contributed by atoms with Crippen LogP contribution in [0.5, 0.6) is 0 Å². The van der Waals surface area contributed by atoms with Crippen LogP contribution in [0.15, 0.2) is 53.5 Å². The molecular weight excluding hydrogens is 323 g/mol. The number of amides is 1. The van der Waals surface area contributed by atoms with Crippen LogP contribution < -0.4 is 11.3 Å². The minimum Gasteiger partial charge on any atom is -0.364 e. The predicted octanol–water partition coefficient (Wildman–Crippen LogP) is 1.67. The number of carbonyl (C=O) groups is 1. The van der Waals surface area contributed by atoms with Crippen LogP contribution in [0.3, 0.4) is 0 Å². The molecule has 7 heteroatoms. The van der Waals surface area contributed by atoms with Gasteiger partial charge in [0.15, 0.2) is 5.69 Å². The molecule has 0 bridgehead atoms. The van der Waals surface area contributed by atoms with E-state index >= 15 is 0 Å². The summed E-state index contributed by atoms with van der Waals surface area (Å²) in [5.74, 6) is -1.03. The second kappa shape index (κ2) is 6.64. The SMILES string of the molecule is Cn1nc(C(N)=O)c(-c2ccc(Cc3cccc(F)c3)cn2)cc1=O. The monoisotopic (exact) mass is 338 g/mol. The van der Waals surface area contributed by atoms with Crippen molar-refractivity contribution in [3.63, 3.8) is 0 Å². The number of hydrogen-bond donors (Lipinski definition) is 1. The molecule has 0 saturated carbocycles. The molecular formula is C18H15FN4O2. The Balaban J connectivity index is 1.94. The largest absolute Gasteiger partial charge is 0.364 e. The molecule has 0 spiro atoms. The van der Waals surface area contributed by atoms with Crippen molar-refractivity contribution in [2.45, 2.75) is 6.42 Å². The number of nitrogens with two attached hydrogens (primary N) is 1. The number of pyridine rings is 1. The molecule has 0 aliphatic carbocycles. The number of nitrogens with zero attached hydrogens (tertiary/aromatic N) is 3. The molecule has 0 radical (unpaired) electrons. The summed E-state index contributed by atoms with van der Waals surface area (Å²) in [6, 6.07) is 11.1. The molecule has 2 aromatic heterocycles. The maximum absolute atomic E-state index is 13.2. The summed E-state index contributed by atoms with van der Waals surface area (Å²) in [6.45, 7) is 0. The van der Waals surface area contributed by atoms with Gasteiger partial charge >= 0.3 is 0 Å². The number of aromatic nitrogens is 3. The highest BCUT2D eigenvalue weighted by atomic mass is 19.1. The fraction of sp³-hybridized carbons (Fsp3) is 0.111. The molecule has 0 atom stereocenters. The highest BCUT2D eigenvalue weighted by molar-refractivity contribution is 5.97. The van der Waals surface area contributed by atoms with Crippen molar-refractivity contribution >= 4 is 5.91 Å². The Morgan fingerprint density at radius 3 is 2.64 bits per heavy atom. The maximum atomic E-state index is 13.2. The van der Waals surface area contributed by atoms with Crippen LogP contribution in [0, 0.1) is 5.82 Å². The lowest BCUT2D eigenvalue weighted by Gasteiger charge is -2.08. The number of primary amides is 1. The van der Waals surface area contributed by atoms with Gasteiger partial charge in [0.1, 0.15) is 5.82 Å². The van der Waals surface area contributed by atoms with Gasteiger partial charge in [-0.25, -0.2) is 9.07 Å². The van der Waals surface area contributed by atoms with Gasteiger partial charge < -0.3 is 5.73 Å². The van der Waals surface area contributed by atoms with E-state index in [2.05, 4.69) is 10.1 Å². The first-order valence-electron chi connectivity index (χ1n) is 7.52. The zero-order valence-electron chi connectivity index (χ0n) is 13.4. The summed E-state index contributed by atoms with van der Waals surface area (Å²) in [4.78, 5) is 27.7. The fourth-order valence-corrected chi connectivity index (χ4v) is 2.49. The highest BCUT2D eigenvalue weighted by Crippen LogP contribution is 2.19. The summed E-state index contributed by atoms with van der Waals surface area (Å²) >= 11 is 0. The summed E-state index contributed by atoms with van der Waals surface area (Å²) in [6.07, 6.45) is 2.13. The van der Waals surface area contributed by atoms with Gasteiger partial charge in [-0.05, 0) is 35.7 Å². The van der Waals surface area contributed by atoms with Crippen molar-refractivity contribution in [1.29, 1.82) is 0 Å². The van der Waals surface area contributed by atoms with Crippen LogP contribution in [0.4, 0.5) is 4.39 Å². The molecule has 3 aromatic rings. The molecule has 1 aromatic carbocycles. The molecule has 6 nitrogen and oxygen atoms in total. The van der Waals surface area contributed by atoms with E-state index in [1.165, 1.54) is 25.2 Å². The van der Waals surface area contributed by atoms with Gasteiger partial charge in [-0.15, -0.1) is 0 Å². The summed E-state index contributed by atoms with van der Waals surface area (Å²) in [7, 11) is 1.44. The predicted molar refractivity (Wildman–Crippen MR) is 90.4 cm³/mol. The number of benzene rings is 1. The van der Waals surface area contributed by atoms with E-state index in [1.807, 2.05) is 6.07 Å². The number of hydrogen-bond acceptors (Lipinski definition) is 4. The van der Waals surface area contributed by atoms with E-state index in [0.717, 1.165) is 15.8 Å². The van der Waals surface area contributed by atoms with Crippen LogP contribution in [0.1, 0.15) is 21.6 Å². The number of halogens is 1. The van der Waals surface area contributed by atoms with Gasteiger partial charge in [0, 0.05) is 24.9 Å². The Morgan fingerprint density at radius 1 is 1.20 bits per heavy atom. The van der Waals surface area contributed by atoms with Crippen LogP contribution in [-0.2, 0) is 13.5 Å². The van der Waals surface area contributed by atoms with Gasteiger partial charge in [-0.1, -0.05) is 18.2 Å². The van der Waals surface area contributed by atoms with Crippen LogP contribution in [0.2, 0.25) is 0 Å². The molecule has 2 N–H and O–H groups in total. The third kappa shape index (κ3) is 3.60. The van der Waals surface area contributed by atoms with Gasteiger partial charge in [0.05, 0.1) is 5.69 Å². The molecule has 0 unspecified atom stereocenters. The first-order chi connectivity index (χ1) is 11.9. The van der Waals surface area contributed by atoms with Crippen molar-refractivity contribution in [2.24, 2.45) is 12.8 Å². The first-order valence-corrected chi connectivity index (χ1v) is 7.52. The van der Waals surface area contributed by atoms with E-state index < -0.39 is 5.91 Å². The third-order valence-electron chi connectivity index (χ3n) is 3.72. The van der Waals surface area contributed by atoms with Crippen molar-refractivity contribution in [3.05, 3.63) is 81.7 Å². The van der Waals surface area contributed by atoms with E-state index in [-0.39, 0.29) is 22.6 Å². The molecule has 0 fully saturated rings. The average Bonchev–Trinajstić information content (AvgIpc) is 2.57. The standard InChI is InChI=1S/C18H15FN4O2/c1-23-16(24)9-14(17(22-23)18(20)25)15-6-5-12(10-21-15)7-11-3-2-4-13(19)8-11/h2-6,8-10H,7H2,1H3,(H2,20,25). The van der Waals surface area contributed by atoms with Crippen molar-refractivity contribution in [3.8, 4) is 11.3 Å². The Morgan fingerprint density at radius 2 is 2.00 bits per heavy atom. The Kier molecular flexibility index (Phi) is 4.38. The lowest BCUT2D eigenvalue weighted by molar-refractivity contribution is 0.0994. The number of rotatable bonds is 4. The second-order valence-electron chi connectivity index (χ2n) is 5.59. The minimum atomic E-state index is -0.740. The average molecular weight is 338 g/mol. The number of carbonyl (C=O) groups excluding carboxylic acids is 1. The topological polar surface area (TPSA) is 90.9 Å². The first kappa shape index (κ1) is 16.5. The van der Waals surface area contributed by atoms with Crippen LogP contribution in [0.25, 0.3) is 11.3 Å². The zero-order valence-corrected chi connectivity index (χ0v) is 13.4. The molecule has 0 saturated heterocycles. The van der Waals surface area contributed by atoms with E-state index in [0.29, 0.717) is 12.1 Å². The molecule has 0 aliphatic rings. The molecule has 1 amide bonds. The highest BCUT2D eigenvalue weighted by Gasteiger charge is 2.15. The van der Waals surface area contributed by atoms with Crippen molar-refractivity contribution < 1.29 is 9.18 Å². The minimum absolute atomic E-state index is 0.0209. The van der Waals surface area contributed by atoms with Gasteiger partial charge in [0.2, 0.25) is 0 Å². The molecule has 3 rings (SSSR count). The van der Waals surface area contributed by atoms with E-state index in [1.54, 1.807) is 24.4 Å². The Bertz CT molecular complexity index is 997. The Hall–Kier alpha value is -3.35. The number of aryl methyl sites for hydroxylation is 1. The van der Waals surface area contributed by atoms with Gasteiger partial charge in [0.25, 0.3) is 11.5 Å². The summed E-state index contributed by atoms with van der Waals surface area (Å²) in [5, 5.41) is 3.90. The third-order valence-corrected chi connectivity index (χ3v) is 3.72. The summed E-state index contributed by atoms with van der Waals surface area (Å²) in [5.41, 5.74) is 7.34. The molecule has 2 heterocycles. The summed E-state index contributed by atoms with van der Waals surface area (Å²) < 4.78 is 14.3. The van der Waals surface area contributed by atoms with Crippen LogP contribution in [-0.4, -0.2) is 20.7 Å². The lowest BCUT2D eigenvalue weighted by Crippen LogP contribution is -2.25. The van der Waals surface area contributed by atoms with E-state index in [9.17, 15) is 14.0 Å². The molecule has 0 aliphatic heterocycles. The fourth-order valence-electron chi connectivity index (χ4n) is 2.49. The quantitative estimate of drug-likeness (QED) is 0.783. The normalized spacial score (nSPS) is 10.6. The van der Waals surface area contributed by atoms with Crippen molar-refractivity contribution in [2.75, 3.05) is 0 Å². The van der Waals surface area contributed by atoms with Gasteiger partial charge in [-0.3, -0.25) is 14.6 Å². The van der Waals surface area contributed by atoms with Crippen LogP contribution >= 0.6 is 0 Å². The zero-order chi connectivity index (χ0) is 18.0. The maximum Gasteiger partial charge on any atom is 0.269 e.